The number of benzene rings is 1. The molecular weight excluding hydrogens is 320 g/mol. The molecule has 2 N–H and O–H groups in total. The summed E-state index contributed by atoms with van der Waals surface area (Å²) in [6.45, 7) is 4.02. The summed E-state index contributed by atoms with van der Waals surface area (Å²) in [6.07, 6.45) is 6.15. The first-order chi connectivity index (χ1) is 9.67. The number of carbonyl (C=O) groups excluding carboxylic acids is 1. The molecule has 0 bridgehead atoms. The van der Waals surface area contributed by atoms with Crippen molar-refractivity contribution in [1.82, 2.24) is 10.6 Å². The molecule has 1 aromatic carbocycles. The molecule has 1 rings (SSSR count). The molecule has 0 aliphatic rings. The number of carbonyl (C=O) groups is 1. The molecule has 108 valence electrons. The lowest BCUT2D eigenvalue weighted by atomic mass is 10.2. The van der Waals surface area contributed by atoms with Crippen molar-refractivity contribution in [3.8, 4) is 18.1 Å². The van der Waals surface area contributed by atoms with Crippen LogP contribution >= 0.6 is 15.9 Å². The Morgan fingerprint density at radius 3 is 3.00 bits per heavy atom. The summed E-state index contributed by atoms with van der Waals surface area (Å²) in [5, 5.41) is 5.87. The molecule has 0 atom stereocenters. The second-order valence-corrected chi connectivity index (χ2v) is 5.05. The van der Waals surface area contributed by atoms with Gasteiger partial charge in [0.1, 0.15) is 5.75 Å². The number of rotatable bonds is 8. The van der Waals surface area contributed by atoms with Crippen LogP contribution in [0.3, 0.4) is 0 Å². The summed E-state index contributed by atoms with van der Waals surface area (Å²) >= 11 is 3.50. The fourth-order valence-electron chi connectivity index (χ4n) is 1.53. The zero-order chi connectivity index (χ0) is 14.8. The number of hydrogen-bond acceptors (Lipinski definition) is 3. The molecule has 0 saturated carbocycles. The summed E-state index contributed by atoms with van der Waals surface area (Å²) in [4.78, 5) is 11.4. The molecule has 0 aliphatic carbocycles. The van der Waals surface area contributed by atoms with Crippen LogP contribution in [-0.2, 0) is 11.3 Å². The summed E-state index contributed by atoms with van der Waals surface area (Å²) in [6, 6.07) is 5.65. The van der Waals surface area contributed by atoms with E-state index in [1.165, 1.54) is 0 Å². The third kappa shape index (κ3) is 6.09. The van der Waals surface area contributed by atoms with Crippen molar-refractivity contribution < 1.29 is 9.53 Å². The van der Waals surface area contributed by atoms with Gasteiger partial charge in [-0.1, -0.05) is 28.8 Å². The number of ether oxygens (including phenoxy) is 1. The highest BCUT2D eigenvalue weighted by molar-refractivity contribution is 9.10. The third-order valence-corrected chi connectivity index (χ3v) is 3.29. The average Bonchev–Trinajstić information content (AvgIpc) is 2.45. The van der Waals surface area contributed by atoms with E-state index < -0.39 is 0 Å². The minimum absolute atomic E-state index is 0.0366. The zero-order valence-corrected chi connectivity index (χ0v) is 13.1. The third-order valence-electron chi connectivity index (χ3n) is 2.52. The summed E-state index contributed by atoms with van der Waals surface area (Å²) in [5.41, 5.74) is 1.10. The van der Waals surface area contributed by atoms with E-state index in [4.69, 9.17) is 11.2 Å². The first-order valence-corrected chi connectivity index (χ1v) is 7.28. The van der Waals surface area contributed by atoms with Gasteiger partial charge in [0.25, 0.3) is 5.91 Å². The smallest absolute Gasteiger partial charge is 0.258 e. The molecule has 5 heteroatoms. The normalized spacial score (nSPS) is 9.85. The van der Waals surface area contributed by atoms with Gasteiger partial charge in [-0.05, 0) is 36.7 Å². The van der Waals surface area contributed by atoms with Crippen molar-refractivity contribution >= 4 is 21.8 Å². The maximum absolute atomic E-state index is 11.4. The van der Waals surface area contributed by atoms with Gasteiger partial charge in [0.2, 0.25) is 0 Å². The van der Waals surface area contributed by atoms with Gasteiger partial charge >= 0.3 is 0 Å². The highest BCUT2D eigenvalue weighted by atomic mass is 79.9. The summed E-state index contributed by atoms with van der Waals surface area (Å²) in [5.74, 6) is 2.78. The molecule has 0 unspecified atom stereocenters. The highest BCUT2D eigenvalue weighted by Crippen LogP contribution is 2.22. The van der Waals surface area contributed by atoms with Crippen molar-refractivity contribution in [2.24, 2.45) is 0 Å². The van der Waals surface area contributed by atoms with Gasteiger partial charge in [-0.15, -0.1) is 6.42 Å². The van der Waals surface area contributed by atoms with Gasteiger partial charge in [-0.3, -0.25) is 4.79 Å². The average molecular weight is 339 g/mol. The van der Waals surface area contributed by atoms with Crippen molar-refractivity contribution in [1.29, 1.82) is 0 Å². The fraction of sp³-hybridized carbons (Fsp3) is 0.400. The Bertz CT molecular complexity index is 483. The predicted octanol–water partition coefficient (Wildman–Crippen LogP) is 2.08. The summed E-state index contributed by atoms with van der Waals surface area (Å²) < 4.78 is 6.46. The van der Waals surface area contributed by atoms with Crippen LogP contribution < -0.4 is 15.4 Å². The quantitative estimate of drug-likeness (QED) is 0.563. The van der Waals surface area contributed by atoms with E-state index in [2.05, 4.69) is 39.4 Å². The van der Waals surface area contributed by atoms with Crippen molar-refractivity contribution in [2.45, 2.75) is 19.9 Å². The standard InChI is InChI=1S/C15H19BrN2O2/c1-3-7-17-10-12-9-13(5-6-14(12)16)20-11-15(19)18-8-4-2/h2,5-6,9,17H,3,7-8,10-11H2,1H3,(H,18,19). The first-order valence-electron chi connectivity index (χ1n) is 6.49. The predicted molar refractivity (Wildman–Crippen MR) is 83.5 cm³/mol. The van der Waals surface area contributed by atoms with Crippen LogP contribution in [0.4, 0.5) is 0 Å². The second kappa shape index (κ2) is 9.40. The Labute approximate surface area is 128 Å². The van der Waals surface area contributed by atoms with Crippen molar-refractivity contribution in [2.75, 3.05) is 19.7 Å². The maximum Gasteiger partial charge on any atom is 0.258 e. The number of amides is 1. The Balaban J connectivity index is 2.52. The van der Waals surface area contributed by atoms with Crippen LogP contribution in [0.5, 0.6) is 5.75 Å². The molecular formula is C15H19BrN2O2. The minimum Gasteiger partial charge on any atom is -0.484 e. The van der Waals surface area contributed by atoms with Crippen LogP contribution in [0.1, 0.15) is 18.9 Å². The molecule has 4 nitrogen and oxygen atoms in total. The largest absolute Gasteiger partial charge is 0.484 e. The van der Waals surface area contributed by atoms with Gasteiger partial charge in [-0.25, -0.2) is 0 Å². The van der Waals surface area contributed by atoms with E-state index >= 15 is 0 Å². The van der Waals surface area contributed by atoms with E-state index in [1.807, 2.05) is 18.2 Å². The van der Waals surface area contributed by atoms with Gasteiger partial charge in [0, 0.05) is 11.0 Å². The van der Waals surface area contributed by atoms with Crippen LogP contribution in [0.15, 0.2) is 22.7 Å². The fourth-order valence-corrected chi connectivity index (χ4v) is 1.91. The highest BCUT2D eigenvalue weighted by Gasteiger charge is 2.05. The van der Waals surface area contributed by atoms with Crippen LogP contribution in [0, 0.1) is 12.3 Å². The van der Waals surface area contributed by atoms with Crippen molar-refractivity contribution in [3.05, 3.63) is 28.2 Å². The van der Waals surface area contributed by atoms with Crippen LogP contribution in [0.2, 0.25) is 0 Å². The van der Waals surface area contributed by atoms with Gasteiger partial charge < -0.3 is 15.4 Å². The molecule has 0 spiro atoms. The first kappa shape index (κ1) is 16.5. The van der Waals surface area contributed by atoms with Gasteiger partial charge in [0.05, 0.1) is 6.54 Å². The van der Waals surface area contributed by atoms with E-state index in [1.54, 1.807) is 0 Å². The van der Waals surface area contributed by atoms with E-state index in [-0.39, 0.29) is 19.1 Å². The molecule has 20 heavy (non-hydrogen) atoms. The molecule has 0 radical (unpaired) electrons. The Morgan fingerprint density at radius 2 is 2.30 bits per heavy atom. The van der Waals surface area contributed by atoms with Crippen LogP contribution in [0.25, 0.3) is 0 Å². The second-order valence-electron chi connectivity index (χ2n) is 4.20. The monoisotopic (exact) mass is 338 g/mol. The van der Waals surface area contributed by atoms with Crippen molar-refractivity contribution in [3.63, 3.8) is 0 Å². The Morgan fingerprint density at radius 1 is 1.50 bits per heavy atom. The number of hydrogen-bond donors (Lipinski definition) is 2. The molecule has 0 saturated heterocycles. The molecule has 0 aromatic heterocycles. The molecule has 0 heterocycles. The SMILES string of the molecule is C#CCNC(=O)COc1ccc(Br)c(CNCCC)c1. The molecule has 1 aromatic rings. The van der Waals surface area contributed by atoms with Gasteiger partial charge in [-0.2, -0.15) is 0 Å². The number of nitrogens with one attached hydrogen (secondary N) is 2. The van der Waals surface area contributed by atoms with Gasteiger partial charge in [0.15, 0.2) is 6.61 Å². The summed E-state index contributed by atoms with van der Waals surface area (Å²) in [7, 11) is 0. The minimum atomic E-state index is -0.225. The Hall–Kier alpha value is -1.51. The lowest BCUT2D eigenvalue weighted by Gasteiger charge is -2.10. The number of terminal acetylenes is 1. The Kier molecular flexibility index (Phi) is 7.78. The topological polar surface area (TPSA) is 50.4 Å². The molecule has 0 aliphatic heterocycles. The van der Waals surface area contributed by atoms with E-state index in [9.17, 15) is 4.79 Å². The lowest BCUT2D eigenvalue weighted by molar-refractivity contribution is -0.122. The van der Waals surface area contributed by atoms with E-state index in [0.29, 0.717) is 5.75 Å². The number of halogens is 1. The van der Waals surface area contributed by atoms with E-state index in [0.717, 1.165) is 29.5 Å². The lowest BCUT2D eigenvalue weighted by Crippen LogP contribution is -2.29. The van der Waals surface area contributed by atoms with Crippen LogP contribution in [-0.4, -0.2) is 25.6 Å². The maximum atomic E-state index is 11.4. The molecule has 0 fully saturated rings. The molecule has 1 amide bonds. The zero-order valence-electron chi connectivity index (χ0n) is 11.5.